The summed E-state index contributed by atoms with van der Waals surface area (Å²) in [7, 11) is 0. The first-order valence-electron chi connectivity index (χ1n) is 3.59. The van der Waals surface area contributed by atoms with E-state index in [4.69, 9.17) is 0 Å². The second kappa shape index (κ2) is 1.75. The van der Waals surface area contributed by atoms with Gasteiger partial charge in [-0.2, -0.15) is 0 Å². The van der Waals surface area contributed by atoms with E-state index in [1.54, 1.807) is 0 Å². The van der Waals surface area contributed by atoms with E-state index in [-0.39, 0.29) is 0 Å². The number of rotatable bonds is 0. The lowest BCUT2D eigenvalue weighted by Gasteiger charge is -2.19. The number of hydrogen-bond donors (Lipinski definition) is 1. The molecular formula is C9H10O. The van der Waals surface area contributed by atoms with Crippen LogP contribution in [0.5, 0.6) is 5.75 Å². The molecule has 0 aliphatic heterocycles. The SMILES string of the molecule is Cc1cc2c(cc1O)CC2. The number of hydrogen-bond acceptors (Lipinski definition) is 1. The van der Waals surface area contributed by atoms with Crippen molar-refractivity contribution < 1.29 is 5.11 Å². The van der Waals surface area contributed by atoms with Gasteiger partial charge in [0, 0.05) is 0 Å². The van der Waals surface area contributed by atoms with Crippen LogP contribution in [0.1, 0.15) is 16.7 Å². The fourth-order valence-electron chi connectivity index (χ4n) is 1.36. The molecule has 0 saturated carbocycles. The molecule has 0 radical (unpaired) electrons. The van der Waals surface area contributed by atoms with E-state index in [2.05, 4.69) is 6.07 Å². The summed E-state index contributed by atoms with van der Waals surface area (Å²) in [5.41, 5.74) is 3.73. The highest BCUT2D eigenvalue weighted by Gasteiger charge is 2.13. The third-order valence-corrected chi connectivity index (χ3v) is 2.18. The van der Waals surface area contributed by atoms with Crippen molar-refractivity contribution in [2.45, 2.75) is 19.8 Å². The smallest absolute Gasteiger partial charge is 0.118 e. The number of aryl methyl sites for hydroxylation is 3. The minimum Gasteiger partial charge on any atom is -0.508 e. The van der Waals surface area contributed by atoms with Crippen LogP contribution < -0.4 is 0 Å². The topological polar surface area (TPSA) is 20.2 Å². The Balaban J connectivity index is 2.60. The predicted molar refractivity (Wildman–Crippen MR) is 40.3 cm³/mol. The molecule has 1 aromatic carbocycles. The molecule has 0 amide bonds. The van der Waals surface area contributed by atoms with Crippen molar-refractivity contribution in [3.05, 3.63) is 28.8 Å². The van der Waals surface area contributed by atoms with Gasteiger partial charge >= 0.3 is 0 Å². The molecular weight excluding hydrogens is 124 g/mol. The van der Waals surface area contributed by atoms with Gasteiger partial charge in [0.25, 0.3) is 0 Å². The summed E-state index contributed by atoms with van der Waals surface area (Å²) in [4.78, 5) is 0. The van der Waals surface area contributed by atoms with E-state index in [1.165, 1.54) is 17.5 Å². The maximum absolute atomic E-state index is 9.26. The lowest BCUT2D eigenvalue weighted by atomic mass is 9.87. The highest BCUT2D eigenvalue weighted by atomic mass is 16.3. The van der Waals surface area contributed by atoms with Crippen molar-refractivity contribution in [1.82, 2.24) is 0 Å². The standard InChI is InChI=1S/C9H10O/c1-6-4-7-2-3-8(7)5-9(6)10/h4-5,10H,2-3H2,1H3. The first-order valence-corrected chi connectivity index (χ1v) is 3.59. The molecule has 0 atom stereocenters. The van der Waals surface area contributed by atoms with Crippen molar-refractivity contribution in [2.75, 3.05) is 0 Å². The Bertz CT molecular complexity index is 236. The van der Waals surface area contributed by atoms with Crippen molar-refractivity contribution in [2.24, 2.45) is 0 Å². The van der Waals surface area contributed by atoms with Crippen molar-refractivity contribution in [3.63, 3.8) is 0 Å². The van der Waals surface area contributed by atoms with Crippen LogP contribution in [0, 0.1) is 6.92 Å². The van der Waals surface area contributed by atoms with Gasteiger partial charge in [0.1, 0.15) is 5.75 Å². The van der Waals surface area contributed by atoms with Crippen LogP contribution in [0.15, 0.2) is 12.1 Å². The number of aromatic hydroxyl groups is 1. The van der Waals surface area contributed by atoms with Gasteiger partial charge in [-0.3, -0.25) is 0 Å². The molecule has 1 aromatic rings. The molecule has 0 unspecified atom stereocenters. The number of fused-ring (bicyclic) bond motifs is 1. The fraction of sp³-hybridized carbons (Fsp3) is 0.333. The molecule has 2 rings (SSSR count). The average molecular weight is 134 g/mol. The quantitative estimate of drug-likeness (QED) is 0.573. The second-order valence-electron chi connectivity index (χ2n) is 2.91. The highest BCUT2D eigenvalue weighted by molar-refractivity contribution is 5.45. The van der Waals surface area contributed by atoms with Crippen LogP contribution in [0.2, 0.25) is 0 Å². The van der Waals surface area contributed by atoms with Gasteiger partial charge in [0.05, 0.1) is 0 Å². The van der Waals surface area contributed by atoms with Crippen LogP contribution in [0.3, 0.4) is 0 Å². The van der Waals surface area contributed by atoms with Crippen molar-refractivity contribution >= 4 is 0 Å². The highest BCUT2D eigenvalue weighted by Crippen LogP contribution is 2.29. The van der Waals surface area contributed by atoms with E-state index >= 15 is 0 Å². The summed E-state index contributed by atoms with van der Waals surface area (Å²) in [5, 5.41) is 9.26. The molecule has 1 aliphatic rings. The van der Waals surface area contributed by atoms with Crippen molar-refractivity contribution in [1.29, 1.82) is 0 Å². The Kier molecular flexibility index (Phi) is 1.01. The molecule has 0 aromatic heterocycles. The molecule has 1 N–H and O–H groups in total. The number of phenols is 1. The summed E-state index contributed by atoms with van der Waals surface area (Å²) in [6.45, 7) is 1.94. The zero-order chi connectivity index (χ0) is 7.14. The fourth-order valence-corrected chi connectivity index (χ4v) is 1.36. The summed E-state index contributed by atoms with van der Waals surface area (Å²) in [6.07, 6.45) is 2.33. The first-order chi connectivity index (χ1) is 4.77. The van der Waals surface area contributed by atoms with Crippen LogP contribution in [-0.2, 0) is 12.8 Å². The molecule has 52 valence electrons. The average Bonchev–Trinajstić information content (AvgIpc) is 1.89. The molecule has 0 saturated heterocycles. The summed E-state index contributed by atoms with van der Waals surface area (Å²) in [5.74, 6) is 0.443. The van der Waals surface area contributed by atoms with E-state index in [0.717, 1.165) is 12.0 Å². The Hall–Kier alpha value is -0.980. The van der Waals surface area contributed by atoms with E-state index in [0.29, 0.717) is 5.75 Å². The zero-order valence-corrected chi connectivity index (χ0v) is 6.02. The predicted octanol–water partition coefficient (Wildman–Crippen LogP) is 1.80. The van der Waals surface area contributed by atoms with Gasteiger partial charge in [0.15, 0.2) is 0 Å². The van der Waals surface area contributed by atoms with E-state index < -0.39 is 0 Å². The van der Waals surface area contributed by atoms with Crippen LogP contribution in [-0.4, -0.2) is 5.11 Å². The van der Waals surface area contributed by atoms with Gasteiger partial charge in [-0.05, 0) is 42.5 Å². The zero-order valence-electron chi connectivity index (χ0n) is 6.02. The molecule has 0 heterocycles. The first kappa shape index (κ1) is 5.78. The normalized spacial score (nSPS) is 14.1. The van der Waals surface area contributed by atoms with Crippen LogP contribution in [0.25, 0.3) is 0 Å². The number of benzene rings is 1. The molecule has 0 bridgehead atoms. The monoisotopic (exact) mass is 134 g/mol. The van der Waals surface area contributed by atoms with Crippen LogP contribution >= 0.6 is 0 Å². The van der Waals surface area contributed by atoms with Gasteiger partial charge in [-0.15, -0.1) is 0 Å². The molecule has 1 heteroatoms. The minimum absolute atomic E-state index is 0.443. The molecule has 1 aliphatic carbocycles. The molecule has 1 nitrogen and oxygen atoms in total. The third-order valence-electron chi connectivity index (χ3n) is 2.18. The van der Waals surface area contributed by atoms with E-state index in [1.807, 2.05) is 13.0 Å². The lowest BCUT2D eigenvalue weighted by Crippen LogP contribution is -2.07. The Morgan fingerprint density at radius 2 is 1.80 bits per heavy atom. The van der Waals surface area contributed by atoms with Gasteiger partial charge in [-0.25, -0.2) is 0 Å². The van der Waals surface area contributed by atoms with Crippen molar-refractivity contribution in [3.8, 4) is 5.75 Å². The van der Waals surface area contributed by atoms with Gasteiger partial charge in [-0.1, -0.05) is 6.07 Å². The molecule has 10 heavy (non-hydrogen) atoms. The van der Waals surface area contributed by atoms with E-state index in [9.17, 15) is 5.11 Å². The molecule has 0 spiro atoms. The summed E-state index contributed by atoms with van der Waals surface area (Å²) < 4.78 is 0. The Labute approximate surface area is 60.3 Å². The summed E-state index contributed by atoms with van der Waals surface area (Å²) in [6, 6.07) is 3.96. The maximum Gasteiger partial charge on any atom is 0.118 e. The van der Waals surface area contributed by atoms with Crippen LogP contribution in [0.4, 0.5) is 0 Å². The largest absolute Gasteiger partial charge is 0.508 e. The minimum atomic E-state index is 0.443. The Morgan fingerprint density at radius 1 is 1.20 bits per heavy atom. The summed E-state index contributed by atoms with van der Waals surface area (Å²) >= 11 is 0. The second-order valence-corrected chi connectivity index (χ2v) is 2.91. The third kappa shape index (κ3) is 0.635. The number of phenolic OH excluding ortho intramolecular Hbond substituents is 1. The van der Waals surface area contributed by atoms with Gasteiger partial charge in [0.2, 0.25) is 0 Å². The Morgan fingerprint density at radius 3 is 2.30 bits per heavy atom. The lowest BCUT2D eigenvalue weighted by molar-refractivity contribution is 0.469. The molecule has 0 fully saturated rings. The van der Waals surface area contributed by atoms with Gasteiger partial charge < -0.3 is 5.11 Å². The maximum atomic E-state index is 9.26.